The molecule has 0 aliphatic heterocycles. The van der Waals surface area contributed by atoms with Crippen molar-refractivity contribution in [2.24, 2.45) is 0 Å². The van der Waals surface area contributed by atoms with E-state index in [4.69, 9.17) is 6.42 Å². The summed E-state index contributed by atoms with van der Waals surface area (Å²) in [6, 6.07) is 5.16. The zero-order valence-corrected chi connectivity index (χ0v) is 11.9. The Morgan fingerprint density at radius 2 is 2.25 bits per heavy atom. The van der Waals surface area contributed by atoms with Crippen molar-refractivity contribution >= 4 is 37.8 Å². The molecular weight excluding hydrogens is 334 g/mol. The zero-order valence-electron chi connectivity index (χ0n) is 8.76. The van der Waals surface area contributed by atoms with Crippen LogP contribution in [-0.4, -0.2) is 11.9 Å². The molecule has 1 aromatic rings. The molecule has 0 heterocycles. The third-order valence-electron chi connectivity index (χ3n) is 2.09. The van der Waals surface area contributed by atoms with Crippen molar-refractivity contribution in [2.75, 3.05) is 0 Å². The number of hydrogen-bond acceptors (Lipinski definition) is 1. The van der Waals surface area contributed by atoms with Crippen molar-refractivity contribution in [3.63, 3.8) is 0 Å². The van der Waals surface area contributed by atoms with Gasteiger partial charge in [0.15, 0.2) is 0 Å². The van der Waals surface area contributed by atoms with Gasteiger partial charge in [0, 0.05) is 8.95 Å². The number of carbonyl (C=O) groups excluding carboxylic acids is 1. The monoisotopic (exact) mass is 343 g/mol. The first kappa shape index (κ1) is 13.3. The molecule has 4 heteroatoms. The fourth-order valence-electron chi connectivity index (χ4n) is 1.17. The minimum Gasteiger partial charge on any atom is -0.338 e. The second-order valence-electron chi connectivity index (χ2n) is 3.23. The molecule has 0 fully saturated rings. The molecule has 2 nitrogen and oxygen atoms in total. The van der Waals surface area contributed by atoms with Crippen LogP contribution >= 0.6 is 31.9 Å². The molecule has 1 aromatic carbocycles. The summed E-state index contributed by atoms with van der Waals surface area (Å²) in [6.45, 7) is 1.93. The minimum atomic E-state index is -0.219. The van der Waals surface area contributed by atoms with Crippen molar-refractivity contribution < 1.29 is 4.79 Å². The second kappa shape index (κ2) is 6.07. The van der Waals surface area contributed by atoms with Crippen LogP contribution in [0.25, 0.3) is 0 Å². The number of benzene rings is 1. The molecule has 1 unspecified atom stereocenters. The SMILES string of the molecule is C#CC(CC)NC(=O)c1ccc(Br)cc1Br. The maximum atomic E-state index is 11.9. The fourth-order valence-corrected chi connectivity index (χ4v) is 2.40. The van der Waals surface area contributed by atoms with Gasteiger partial charge in [-0.1, -0.05) is 28.8 Å². The van der Waals surface area contributed by atoms with Crippen LogP contribution in [0.3, 0.4) is 0 Å². The van der Waals surface area contributed by atoms with Crippen LogP contribution in [0, 0.1) is 12.3 Å². The average Bonchev–Trinajstić information content (AvgIpc) is 2.25. The van der Waals surface area contributed by atoms with Gasteiger partial charge in [0.05, 0.1) is 11.6 Å². The van der Waals surface area contributed by atoms with Crippen molar-refractivity contribution in [1.82, 2.24) is 5.32 Å². The molecule has 0 aliphatic carbocycles. The lowest BCUT2D eigenvalue weighted by molar-refractivity contribution is 0.0944. The topological polar surface area (TPSA) is 29.1 Å². The van der Waals surface area contributed by atoms with E-state index in [0.717, 1.165) is 15.4 Å². The molecule has 84 valence electrons. The van der Waals surface area contributed by atoms with Crippen LogP contribution in [0.15, 0.2) is 27.1 Å². The molecular formula is C12H11Br2NO. The van der Waals surface area contributed by atoms with Gasteiger partial charge in [-0.25, -0.2) is 0 Å². The minimum absolute atomic E-state index is 0.163. The van der Waals surface area contributed by atoms with Crippen LogP contribution in [0.5, 0.6) is 0 Å². The summed E-state index contributed by atoms with van der Waals surface area (Å²) in [5, 5.41) is 2.77. The van der Waals surface area contributed by atoms with E-state index in [1.807, 2.05) is 19.1 Å². The van der Waals surface area contributed by atoms with E-state index in [9.17, 15) is 4.79 Å². The highest BCUT2D eigenvalue weighted by Crippen LogP contribution is 2.21. The summed E-state index contributed by atoms with van der Waals surface area (Å²) in [4.78, 5) is 11.9. The number of halogens is 2. The fraction of sp³-hybridized carbons (Fsp3) is 0.250. The first-order valence-electron chi connectivity index (χ1n) is 4.80. The maximum absolute atomic E-state index is 11.9. The van der Waals surface area contributed by atoms with E-state index < -0.39 is 0 Å². The quantitative estimate of drug-likeness (QED) is 0.837. The molecule has 1 atom stereocenters. The van der Waals surface area contributed by atoms with Crippen LogP contribution < -0.4 is 5.32 Å². The van der Waals surface area contributed by atoms with Gasteiger partial charge in [0.25, 0.3) is 5.91 Å². The van der Waals surface area contributed by atoms with Crippen molar-refractivity contribution in [1.29, 1.82) is 0 Å². The van der Waals surface area contributed by atoms with E-state index in [1.165, 1.54) is 0 Å². The molecule has 0 spiro atoms. The van der Waals surface area contributed by atoms with Crippen LogP contribution in [0.4, 0.5) is 0 Å². The largest absolute Gasteiger partial charge is 0.338 e. The van der Waals surface area contributed by atoms with Gasteiger partial charge >= 0.3 is 0 Å². The molecule has 0 aliphatic rings. The highest BCUT2D eigenvalue weighted by atomic mass is 79.9. The zero-order chi connectivity index (χ0) is 12.1. The van der Waals surface area contributed by atoms with Crippen molar-refractivity contribution in [3.05, 3.63) is 32.7 Å². The van der Waals surface area contributed by atoms with Gasteiger partial charge in [0.2, 0.25) is 0 Å². The number of rotatable bonds is 3. The second-order valence-corrected chi connectivity index (χ2v) is 5.00. The first-order chi connectivity index (χ1) is 7.58. The lowest BCUT2D eigenvalue weighted by Gasteiger charge is -2.11. The number of terminal acetylenes is 1. The molecule has 0 radical (unpaired) electrons. The molecule has 0 saturated heterocycles. The Bertz CT molecular complexity index is 437. The summed E-state index contributed by atoms with van der Waals surface area (Å²) in [6.07, 6.45) is 6.01. The average molecular weight is 345 g/mol. The van der Waals surface area contributed by atoms with Gasteiger partial charge in [-0.15, -0.1) is 6.42 Å². The Morgan fingerprint density at radius 3 is 2.75 bits per heavy atom. The number of nitrogens with one attached hydrogen (secondary N) is 1. The summed E-state index contributed by atoms with van der Waals surface area (Å²) in [7, 11) is 0. The van der Waals surface area contributed by atoms with E-state index in [0.29, 0.717) is 5.56 Å². The molecule has 1 amide bonds. The molecule has 1 rings (SSSR count). The van der Waals surface area contributed by atoms with Crippen molar-refractivity contribution in [2.45, 2.75) is 19.4 Å². The van der Waals surface area contributed by atoms with Gasteiger partial charge in [-0.05, 0) is 40.5 Å². The number of amides is 1. The highest BCUT2D eigenvalue weighted by Gasteiger charge is 2.12. The van der Waals surface area contributed by atoms with E-state index in [-0.39, 0.29) is 11.9 Å². The smallest absolute Gasteiger partial charge is 0.253 e. The van der Waals surface area contributed by atoms with E-state index >= 15 is 0 Å². The normalized spacial score (nSPS) is 11.6. The highest BCUT2D eigenvalue weighted by molar-refractivity contribution is 9.11. The summed E-state index contributed by atoms with van der Waals surface area (Å²) >= 11 is 6.67. The lowest BCUT2D eigenvalue weighted by atomic mass is 10.2. The summed E-state index contributed by atoms with van der Waals surface area (Å²) in [5.41, 5.74) is 0.580. The Kier molecular flexibility index (Phi) is 5.04. The van der Waals surface area contributed by atoms with Gasteiger partial charge in [0.1, 0.15) is 0 Å². The van der Waals surface area contributed by atoms with Crippen molar-refractivity contribution in [3.8, 4) is 12.3 Å². The Morgan fingerprint density at radius 1 is 1.56 bits per heavy atom. The maximum Gasteiger partial charge on any atom is 0.253 e. The predicted molar refractivity (Wildman–Crippen MR) is 72.2 cm³/mol. The molecule has 1 N–H and O–H groups in total. The van der Waals surface area contributed by atoms with Crippen LogP contribution in [-0.2, 0) is 0 Å². The molecule has 0 saturated carbocycles. The van der Waals surface area contributed by atoms with Gasteiger partial charge in [-0.2, -0.15) is 0 Å². The van der Waals surface area contributed by atoms with Gasteiger partial charge in [-0.3, -0.25) is 4.79 Å². The number of hydrogen-bond donors (Lipinski definition) is 1. The standard InChI is InChI=1S/C12H11Br2NO/c1-3-9(4-2)15-12(16)10-6-5-8(13)7-11(10)14/h1,5-7,9H,4H2,2H3,(H,15,16). The first-order valence-corrected chi connectivity index (χ1v) is 6.39. The van der Waals surface area contributed by atoms with E-state index in [1.54, 1.807) is 6.07 Å². The molecule has 16 heavy (non-hydrogen) atoms. The van der Waals surface area contributed by atoms with Gasteiger partial charge < -0.3 is 5.32 Å². The Labute approximate surface area is 112 Å². The van der Waals surface area contributed by atoms with Crippen LogP contribution in [0.1, 0.15) is 23.7 Å². The lowest BCUT2D eigenvalue weighted by Crippen LogP contribution is -2.33. The summed E-state index contributed by atoms with van der Waals surface area (Å²) in [5.74, 6) is 2.36. The molecule has 0 aromatic heterocycles. The van der Waals surface area contributed by atoms with Crippen LogP contribution in [0.2, 0.25) is 0 Å². The predicted octanol–water partition coefficient (Wildman–Crippen LogP) is 3.35. The Balaban J connectivity index is 2.85. The molecule has 0 bridgehead atoms. The van der Waals surface area contributed by atoms with E-state index in [2.05, 4.69) is 43.1 Å². The third kappa shape index (κ3) is 3.36. The number of carbonyl (C=O) groups is 1. The Hall–Kier alpha value is -0.790. The third-order valence-corrected chi connectivity index (χ3v) is 3.24. The summed E-state index contributed by atoms with van der Waals surface area (Å²) < 4.78 is 1.66.